The summed E-state index contributed by atoms with van der Waals surface area (Å²) >= 11 is 0. The molecule has 0 aliphatic rings. The van der Waals surface area contributed by atoms with Crippen molar-refractivity contribution in [2.24, 2.45) is 0 Å². The molecule has 2 rings (SSSR count). The average Bonchev–Trinajstić information content (AvgIpc) is 2.73. The van der Waals surface area contributed by atoms with Crippen molar-refractivity contribution in [1.29, 1.82) is 0 Å². The van der Waals surface area contributed by atoms with Crippen molar-refractivity contribution in [2.45, 2.75) is 39.0 Å². The second-order valence-corrected chi connectivity index (χ2v) is 3.86. The minimum Gasteiger partial charge on any atom is -0.237 e. The maximum absolute atomic E-state index is 4.32. The number of nitrogens with zero attached hydrogens (tertiary/aromatic N) is 3. The first-order valence-electron chi connectivity index (χ1n) is 5.65. The second-order valence-electron chi connectivity index (χ2n) is 3.86. The SMILES string of the molecule is CCCC(CC)c1ccnc2ccnn12. The van der Waals surface area contributed by atoms with E-state index in [1.54, 1.807) is 0 Å². The van der Waals surface area contributed by atoms with Crippen molar-refractivity contribution in [1.82, 2.24) is 14.6 Å². The topological polar surface area (TPSA) is 30.2 Å². The lowest BCUT2D eigenvalue weighted by Crippen LogP contribution is -2.06. The van der Waals surface area contributed by atoms with Crippen LogP contribution in [0.15, 0.2) is 24.5 Å². The minimum atomic E-state index is 0.598. The van der Waals surface area contributed by atoms with Gasteiger partial charge in [-0.25, -0.2) is 9.50 Å². The highest BCUT2D eigenvalue weighted by molar-refractivity contribution is 5.37. The average molecular weight is 203 g/mol. The van der Waals surface area contributed by atoms with Crippen LogP contribution in [0.2, 0.25) is 0 Å². The van der Waals surface area contributed by atoms with Gasteiger partial charge in [-0.1, -0.05) is 20.3 Å². The Morgan fingerprint density at radius 3 is 2.87 bits per heavy atom. The van der Waals surface area contributed by atoms with Crippen LogP contribution >= 0.6 is 0 Å². The van der Waals surface area contributed by atoms with E-state index in [4.69, 9.17) is 0 Å². The fraction of sp³-hybridized carbons (Fsp3) is 0.500. The van der Waals surface area contributed by atoms with Crippen LogP contribution in [0.4, 0.5) is 0 Å². The van der Waals surface area contributed by atoms with Crippen LogP contribution in [0, 0.1) is 0 Å². The van der Waals surface area contributed by atoms with Gasteiger partial charge in [-0.05, 0) is 18.9 Å². The Balaban J connectivity index is 2.44. The van der Waals surface area contributed by atoms with Crippen LogP contribution < -0.4 is 0 Å². The maximum Gasteiger partial charge on any atom is 0.155 e. The monoisotopic (exact) mass is 203 g/mol. The Morgan fingerprint density at radius 2 is 2.13 bits per heavy atom. The van der Waals surface area contributed by atoms with E-state index in [0.717, 1.165) is 12.1 Å². The summed E-state index contributed by atoms with van der Waals surface area (Å²) in [6.07, 6.45) is 7.28. The molecule has 0 aliphatic heterocycles. The number of fused-ring (bicyclic) bond motifs is 1. The van der Waals surface area contributed by atoms with Crippen molar-refractivity contribution in [3.8, 4) is 0 Å². The van der Waals surface area contributed by atoms with E-state index >= 15 is 0 Å². The van der Waals surface area contributed by atoms with Gasteiger partial charge < -0.3 is 0 Å². The predicted octanol–water partition coefficient (Wildman–Crippen LogP) is 3.02. The zero-order valence-corrected chi connectivity index (χ0v) is 9.35. The molecule has 0 fully saturated rings. The zero-order chi connectivity index (χ0) is 10.7. The third-order valence-electron chi connectivity index (χ3n) is 2.87. The minimum absolute atomic E-state index is 0.598. The molecule has 0 aromatic carbocycles. The van der Waals surface area contributed by atoms with E-state index < -0.39 is 0 Å². The molecule has 0 aliphatic carbocycles. The molecule has 2 aromatic heterocycles. The molecule has 3 nitrogen and oxygen atoms in total. The molecule has 1 unspecified atom stereocenters. The van der Waals surface area contributed by atoms with Crippen molar-refractivity contribution in [3.63, 3.8) is 0 Å². The Morgan fingerprint density at radius 1 is 1.27 bits per heavy atom. The van der Waals surface area contributed by atoms with Gasteiger partial charge in [0.1, 0.15) is 0 Å². The van der Waals surface area contributed by atoms with Gasteiger partial charge in [0.05, 0.1) is 6.20 Å². The molecule has 2 heterocycles. The Bertz CT molecular complexity index is 433. The molecule has 1 atom stereocenters. The Hall–Kier alpha value is -1.38. The summed E-state index contributed by atoms with van der Waals surface area (Å²) in [5, 5.41) is 4.32. The van der Waals surface area contributed by atoms with Gasteiger partial charge in [-0.3, -0.25) is 0 Å². The third kappa shape index (κ3) is 1.87. The van der Waals surface area contributed by atoms with Crippen LogP contribution in [0.1, 0.15) is 44.7 Å². The van der Waals surface area contributed by atoms with Gasteiger partial charge in [0, 0.05) is 23.9 Å². The van der Waals surface area contributed by atoms with E-state index in [-0.39, 0.29) is 0 Å². The van der Waals surface area contributed by atoms with E-state index in [2.05, 4.69) is 30.0 Å². The van der Waals surface area contributed by atoms with Gasteiger partial charge in [-0.2, -0.15) is 5.10 Å². The van der Waals surface area contributed by atoms with Crippen LogP contribution in [0.5, 0.6) is 0 Å². The van der Waals surface area contributed by atoms with Gasteiger partial charge in [0.15, 0.2) is 5.65 Å². The van der Waals surface area contributed by atoms with Crippen LogP contribution in [0.3, 0.4) is 0 Å². The van der Waals surface area contributed by atoms with E-state index in [0.29, 0.717) is 5.92 Å². The summed E-state index contributed by atoms with van der Waals surface area (Å²) < 4.78 is 1.96. The molecule has 0 saturated carbocycles. The fourth-order valence-corrected chi connectivity index (χ4v) is 2.07. The lowest BCUT2D eigenvalue weighted by Gasteiger charge is -2.14. The van der Waals surface area contributed by atoms with Crippen molar-refractivity contribution in [2.75, 3.05) is 0 Å². The van der Waals surface area contributed by atoms with Crippen molar-refractivity contribution in [3.05, 3.63) is 30.2 Å². The smallest absolute Gasteiger partial charge is 0.155 e. The molecule has 0 amide bonds. The normalized spacial score (nSPS) is 13.2. The second kappa shape index (κ2) is 4.43. The largest absolute Gasteiger partial charge is 0.237 e. The summed E-state index contributed by atoms with van der Waals surface area (Å²) in [6, 6.07) is 4.03. The van der Waals surface area contributed by atoms with Gasteiger partial charge in [-0.15, -0.1) is 0 Å². The third-order valence-corrected chi connectivity index (χ3v) is 2.87. The fourth-order valence-electron chi connectivity index (χ4n) is 2.07. The molecule has 2 aromatic rings. The van der Waals surface area contributed by atoms with E-state index in [1.165, 1.54) is 18.5 Å². The first-order valence-corrected chi connectivity index (χ1v) is 5.65. The number of rotatable bonds is 4. The summed E-state index contributed by atoms with van der Waals surface area (Å²) in [6.45, 7) is 4.46. The number of aromatic nitrogens is 3. The predicted molar refractivity (Wildman–Crippen MR) is 60.9 cm³/mol. The molecule has 15 heavy (non-hydrogen) atoms. The van der Waals surface area contributed by atoms with Crippen molar-refractivity contribution >= 4 is 5.65 Å². The standard InChI is InChI=1S/C12H17N3/c1-3-5-10(4-2)11-6-8-13-12-7-9-14-15(11)12/h6-10H,3-5H2,1-2H3. The zero-order valence-electron chi connectivity index (χ0n) is 9.35. The molecule has 0 radical (unpaired) electrons. The molecule has 80 valence electrons. The van der Waals surface area contributed by atoms with E-state index in [1.807, 2.05) is 23.0 Å². The molecule has 0 N–H and O–H groups in total. The molecule has 0 spiro atoms. The quantitative estimate of drug-likeness (QED) is 0.764. The molecular formula is C12H17N3. The Labute approximate surface area is 90.1 Å². The van der Waals surface area contributed by atoms with Crippen LogP contribution in [-0.2, 0) is 0 Å². The van der Waals surface area contributed by atoms with Gasteiger partial charge >= 0.3 is 0 Å². The molecule has 3 heteroatoms. The lowest BCUT2D eigenvalue weighted by molar-refractivity contribution is 0.564. The summed E-state index contributed by atoms with van der Waals surface area (Å²) in [5.41, 5.74) is 2.23. The van der Waals surface area contributed by atoms with Crippen molar-refractivity contribution < 1.29 is 0 Å². The highest BCUT2D eigenvalue weighted by Gasteiger charge is 2.12. The summed E-state index contributed by atoms with van der Waals surface area (Å²) in [5.74, 6) is 0.598. The number of hydrogen-bond acceptors (Lipinski definition) is 2. The molecule has 0 saturated heterocycles. The maximum atomic E-state index is 4.32. The lowest BCUT2D eigenvalue weighted by atomic mass is 9.97. The first kappa shape index (κ1) is 10.1. The van der Waals surface area contributed by atoms with E-state index in [9.17, 15) is 0 Å². The highest BCUT2D eigenvalue weighted by Crippen LogP contribution is 2.24. The number of hydrogen-bond donors (Lipinski definition) is 0. The molecule has 0 bridgehead atoms. The van der Waals surface area contributed by atoms with Crippen LogP contribution in [-0.4, -0.2) is 14.6 Å². The van der Waals surface area contributed by atoms with Gasteiger partial charge in [0.2, 0.25) is 0 Å². The highest BCUT2D eigenvalue weighted by atomic mass is 15.2. The van der Waals surface area contributed by atoms with Crippen LogP contribution in [0.25, 0.3) is 5.65 Å². The Kier molecular flexibility index (Phi) is 2.99. The first-order chi connectivity index (χ1) is 7.36. The summed E-state index contributed by atoms with van der Waals surface area (Å²) in [7, 11) is 0. The molecular weight excluding hydrogens is 186 g/mol. The van der Waals surface area contributed by atoms with Gasteiger partial charge in [0.25, 0.3) is 0 Å². The summed E-state index contributed by atoms with van der Waals surface area (Å²) in [4.78, 5) is 4.28.